The number of fused-ring (bicyclic) bond motifs is 1. The first-order chi connectivity index (χ1) is 10.6. The molecule has 7 heteroatoms. The van der Waals surface area contributed by atoms with Crippen LogP contribution in [0.5, 0.6) is 5.75 Å². The fourth-order valence-electron chi connectivity index (χ4n) is 2.10. The summed E-state index contributed by atoms with van der Waals surface area (Å²) >= 11 is 0. The van der Waals surface area contributed by atoms with Crippen LogP contribution in [0.3, 0.4) is 0 Å². The minimum atomic E-state index is -0.348. The molecule has 1 N–H and O–H groups in total. The van der Waals surface area contributed by atoms with Gasteiger partial charge in [0.15, 0.2) is 11.5 Å². The van der Waals surface area contributed by atoms with Crippen LogP contribution < -0.4 is 15.0 Å². The second-order valence-electron chi connectivity index (χ2n) is 4.97. The predicted octanol–water partition coefficient (Wildman–Crippen LogP) is 2.69. The predicted molar refractivity (Wildman–Crippen MR) is 83.5 cm³/mol. The third-order valence-corrected chi connectivity index (χ3v) is 3.23. The first-order valence-electron chi connectivity index (χ1n) is 6.71. The van der Waals surface area contributed by atoms with Gasteiger partial charge in [-0.25, -0.2) is 9.37 Å². The Morgan fingerprint density at radius 1 is 1.23 bits per heavy atom. The Hall–Kier alpha value is -2.83. The lowest BCUT2D eigenvalue weighted by molar-refractivity contribution is 0.415. The number of hydrogen-bond acceptors (Lipinski definition) is 5. The molecule has 2 aromatic heterocycles. The lowest BCUT2D eigenvalue weighted by Crippen LogP contribution is -2.12. The highest BCUT2D eigenvalue weighted by Gasteiger charge is 2.10. The van der Waals surface area contributed by atoms with Gasteiger partial charge in [0.25, 0.3) is 0 Å². The molecule has 0 saturated carbocycles. The third kappa shape index (κ3) is 2.52. The second-order valence-corrected chi connectivity index (χ2v) is 4.97. The van der Waals surface area contributed by atoms with E-state index in [9.17, 15) is 4.39 Å². The Balaban J connectivity index is 2.04. The van der Waals surface area contributed by atoms with E-state index in [1.165, 1.54) is 19.2 Å². The SMILES string of the molecule is COc1ccc(F)cc1Nc1cnc2ccc(N(C)C)nn12. The van der Waals surface area contributed by atoms with Crippen molar-refractivity contribution in [2.75, 3.05) is 31.4 Å². The number of nitrogens with zero attached hydrogens (tertiary/aromatic N) is 4. The molecule has 0 fully saturated rings. The molecule has 3 rings (SSSR count). The molecular formula is C15H16FN5O. The van der Waals surface area contributed by atoms with Gasteiger partial charge in [0, 0.05) is 20.2 Å². The van der Waals surface area contributed by atoms with Crippen molar-refractivity contribution in [1.82, 2.24) is 14.6 Å². The standard InChI is InChI=1S/C15H16FN5O/c1-20(2)14-7-6-13-17-9-15(21(13)19-14)18-11-8-10(16)4-5-12(11)22-3/h4-9,18H,1-3H3. The quantitative estimate of drug-likeness (QED) is 0.803. The first kappa shape index (κ1) is 14.1. The van der Waals surface area contributed by atoms with Crippen LogP contribution in [0, 0.1) is 5.82 Å². The summed E-state index contributed by atoms with van der Waals surface area (Å²) in [5, 5.41) is 7.60. The number of methoxy groups -OCH3 is 1. The smallest absolute Gasteiger partial charge is 0.156 e. The molecule has 0 spiro atoms. The molecule has 22 heavy (non-hydrogen) atoms. The van der Waals surface area contributed by atoms with E-state index in [0.717, 1.165) is 5.82 Å². The summed E-state index contributed by atoms with van der Waals surface area (Å²) in [7, 11) is 5.36. The second kappa shape index (κ2) is 5.51. The van der Waals surface area contributed by atoms with Gasteiger partial charge < -0.3 is 15.0 Å². The molecule has 0 aliphatic carbocycles. The van der Waals surface area contributed by atoms with Crippen LogP contribution in [0.1, 0.15) is 0 Å². The average Bonchev–Trinajstić information content (AvgIpc) is 2.90. The molecule has 0 amide bonds. The maximum atomic E-state index is 13.5. The Labute approximate surface area is 127 Å². The zero-order chi connectivity index (χ0) is 15.7. The molecular weight excluding hydrogens is 285 g/mol. The highest BCUT2D eigenvalue weighted by molar-refractivity contribution is 5.66. The number of anilines is 3. The highest BCUT2D eigenvalue weighted by Crippen LogP contribution is 2.28. The van der Waals surface area contributed by atoms with Crippen molar-refractivity contribution in [2.24, 2.45) is 0 Å². The molecule has 0 atom stereocenters. The van der Waals surface area contributed by atoms with E-state index in [2.05, 4.69) is 15.4 Å². The van der Waals surface area contributed by atoms with Crippen LogP contribution in [0.15, 0.2) is 36.5 Å². The third-order valence-electron chi connectivity index (χ3n) is 3.23. The Morgan fingerprint density at radius 3 is 2.77 bits per heavy atom. The normalized spacial score (nSPS) is 10.7. The zero-order valence-electron chi connectivity index (χ0n) is 12.5. The number of hydrogen-bond donors (Lipinski definition) is 1. The Kier molecular flexibility index (Phi) is 3.54. The number of nitrogens with one attached hydrogen (secondary N) is 1. The van der Waals surface area contributed by atoms with Gasteiger partial charge in [-0.1, -0.05) is 0 Å². The molecule has 1 aromatic carbocycles. The number of ether oxygens (including phenoxy) is 1. The van der Waals surface area contributed by atoms with Crippen molar-refractivity contribution >= 4 is 23.0 Å². The van der Waals surface area contributed by atoms with Gasteiger partial charge >= 0.3 is 0 Å². The summed E-state index contributed by atoms with van der Waals surface area (Å²) in [6, 6.07) is 8.04. The Bertz CT molecular complexity index is 815. The van der Waals surface area contributed by atoms with Crippen molar-refractivity contribution < 1.29 is 9.13 Å². The topological polar surface area (TPSA) is 54.7 Å². The van der Waals surface area contributed by atoms with E-state index in [0.29, 0.717) is 22.9 Å². The minimum Gasteiger partial charge on any atom is -0.495 e. The van der Waals surface area contributed by atoms with E-state index < -0.39 is 0 Å². The van der Waals surface area contributed by atoms with E-state index in [-0.39, 0.29) is 5.82 Å². The van der Waals surface area contributed by atoms with E-state index in [1.807, 2.05) is 31.1 Å². The molecule has 0 bridgehead atoms. The zero-order valence-corrected chi connectivity index (χ0v) is 12.5. The van der Waals surface area contributed by atoms with Crippen molar-refractivity contribution in [2.45, 2.75) is 0 Å². The molecule has 0 radical (unpaired) electrons. The number of aromatic nitrogens is 3. The minimum absolute atomic E-state index is 0.348. The van der Waals surface area contributed by atoms with E-state index in [1.54, 1.807) is 16.8 Å². The lowest BCUT2D eigenvalue weighted by atomic mass is 10.3. The van der Waals surface area contributed by atoms with E-state index in [4.69, 9.17) is 4.74 Å². The van der Waals surface area contributed by atoms with Crippen LogP contribution in [-0.2, 0) is 0 Å². The van der Waals surface area contributed by atoms with Crippen LogP contribution in [0.4, 0.5) is 21.7 Å². The maximum Gasteiger partial charge on any atom is 0.156 e. The van der Waals surface area contributed by atoms with Gasteiger partial charge in [-0.2, -0.15) is 4.52 Å². The number of halogens is 1. The van der Waals surface area contributed by atoms with E-state index >= 15 is 0 Å². The molecule has 0 aliphatic heterocycles. The van der Waals surface area contributed by atoms with Crippen molar-refractivity contribution in [3.63, 3.8) is 0 Å². The fourth-order valence-corrected chi connectivity index (χ4v) is 2.10. The van der Waals surface area contributed by atoms with Gasteiger partial charge in [0.2, 0.25) is 0 Å². The van der Waals surface area contributed by atoms with Crippen LogP contribution in [0.25, 0.3) is 5.65 Å². The molecule has 6 nitrogen and oxygen atoms in total. The van der Waals surface area contributed by atoms with Gasteiger partial charge in [0.05, 0.1) is 19.0 Å². The molecule has 0 saturated heterocycles. The fraction of sp³-hybridized carbons (Fsp3) is 0.200. The van der Waals surface area contributed by atoms with Crippen LogP contribution in [-0.4, -0.2) is 35.8 Å². The Morgan fingerprint density at radius 2 is 2.05 bits per heavy atom. The van der Waals surface area contributed by atoms with Crippen molar-refractivity contribution in [3.05, 3.63) is 42.3 Å². The van der Waals surface area contributed by atoms with Gasteiger partial charge in [-0.15, -0.1) is 5.10 Å². The molecule has 114 valence electrons. The molecule has 0 unspecified atom stereocenters. The number of rotatable bonds is 4. The number of imidazole rings is 1. The molecule has 3 aromatic rings. The monoisotopic (exact) mass is 301 g/mol. The summed E-state index contributed by atoms with van der Waals surface area (Å²) in [4.78, 5) is 6.17. The summed E-state index contributed by atoms with van der Waals surface area (Å²) in [6.07, 6.45) is 1.64. The molecule has 0 aliphatic rings. The summed E-state index contributed by atoms with van der Waals surface area (Å²) in [6.45, 7) is 0. The maximum absolute atomic E-state index is 13.5. The molecule has 2 heterocycles. The summed E-state index contributed by atoms with van der Waals surface area (Å²) < 4.78 is 20.4. The summed E-state index contributed by atoms with van der Waals surface area (Å²) in [5.41, 5.74) is 1.21. The lowest BCUT2D eigenvalue weighted by Gasteiger charge is -2.13. The van der Waals surface area contributed by atoms with Gasteiger partial charge in [-0.3, -0.25) is 0 Å². The van der Waals surface area contributed by atoms with Gasteiger partial charge in [0.1, 0.15) is 17.4 Å². The van der Waals surface area contributed by atoms with Crippen LogP contribution in [0.2, 0.25) is 0 Å². The van der Waals surface area contributed by atoms with Crippen molar-refractivity contribution in [1.29, 1.82) is 0 Å². The summed E-state index contributed by atoms with van der Waals surface area (Å²) in [5.74, 6) is 1.61. The first-order valence-corrected chi connectivity index (χ1v) is 6.71. The van der Waals surface area contributed by atoms with Gasteiger partial charge in [-0.05, 0) is 24.3 Å². The largest absolute Gasteiger partial charge is 0.495 e. The van der Waals surface area contributed by atoms with Crippen molar-refractivity contribution in [3.8, 4) is 5.75 Å². The average molecular weight is 301 g/mol. The highest BCUT2D eigenvalue weighted by atomic mass is 19.1. The van der Waals surface area contributed by atoms with Crippen LogP contribution >= 0.6 is 0 Å². The number of benzene rings is 1.